The van der Waals surface area contributed by atoms with Gasteiger partial charge in [0.2, 0.25) is 0 Å². The van der Waals surface area contributed by atoms with Crippen LogP contribution in [-0.2, 0) is 0 Å². The molecule has 2 rings (SSSR count). The first-order chi connectivity index (χ1) is 7.34. The van der Waals surface area contributed by atoms with Crippen LogP contribution in [0.2, 0.25) is 0 Å². The fourth-order valence-electron chi connectivity index (χ4n) is 2.05. The summed E-state index contributed by atoms with van der Waals surface area (Å²) in [5.74, 6) is 0.878. The summed E-state index contributed by atoms with van der Waals surface area (Å²) < 4.78 is 0. The van der Waals surface area contributed by atoms with E-state index in [1.54, 1.807) is 0 Å². The molecule has 2 heteroatoms. The van der Waals surface area contributed by atoms with Crippen LogP contribution in [-0.4, -0.2) is 19.6 Å². The minimum absolute atomic E-state index is 0.878. The van der Waals surface area contributed by atoms with Gasteiger partial charge in [-0.15, -0.1) is 0 Å². The van der Waals surface area contributed by atoms with E-state index in [0.717, 1.165) is 12.5 Å². The molecule has 1 fully saturated rings. The lowest BCUT2D eigenvalue weighted by atomic mass is 10.1. The Morgan fingerprint density at radius 1 is 1.33 bits per heavy atom. The van der Waals surface area contributed by atoms with Crippen molar-refractivity contribution in [3.63, 3.8) is 0 Å². The maximum Gasteiger partial charge on any atom is 0.0340 e. The lowest BCUT2D eigenvalue weighted by Gasteiger charge is -2.10. The highest BCUT2D eigenvalue weighted by molar-refractivity contribution is 5.44. The SMILES string of the molecule is Cc1ccc(NCCC2CCNC2)cc1. The molecule has 0 saturated carbocycles. The Morgan fingerprint density at radius 2 is 2.13 bits per heavy atom. The van der Waals surface area contributed by atoms with Gasteiger partial charge in [-0.05, 0) is 50.9 Å². The summed E-state index contributed by atoms with van der Waals surface area (Å²) in [6.45, 7) is 5.62. The Balaban J connectivity index is 1.71. The zero-order valence-electron chi connectivity index (χ0n) is 9.42. The van der Waals surface area contributed by atoms with Gasteiger partial charge in [0.05, 0.1) is 0 Å². The first kappa shape index (κ1) is 10.5. The van der Waals surface area contributed by atoms with E-state index in [-0.39, 0.29) is 0 Å². The topological polar surface area (TPSA) is 24.1 Å². The molecule has 1 unspecified atom stereocenters. The van der Waals surface area contributed by atoms with Crippen LogP contribution in [0.5, 0.6) is 0 Å². The first-order valence-electron chi connectivity index (χ1n) is 5.86. The third-order valence-electron chi connectivity index (χ3n) is 3.10. The molecule has 1 aromatic carbocycles. The molecule has 1 aliphatic heterocycles. The van der Waals surface area contributed by atoms with Crippen molar-refractivity contribution in [3.05, 3.63) is 29.8 Å². The second-order valence-corrected chi connectivity index (χ2v) is 4.44. The van der Waals surface area contributed by atoms with E-state index in [0.29, 0.717) is 0 Å². The summed E-state index contributed by atoms with van der Waals surface area (Å²) in [6, 6.07) is 8.61. The van der Waals surface area contributed by atoms with E-state index < -0.39 is 0 Å². The van der Waals surface area contributed by atoms with Gasteiger partial charge in [-0.25, -0.2) is 0 Å². The van der Waals surface area contributed by atoms with Crippen LogP contribution in [0.1, 0.15) is 18.4 Å². The van der Waals surface area contributed by atoms with Crippen molar-refractivity contribution in [2.75, 3.05) is 25.0 Å². The van der Waals surface area contributed by atoms with Crippen molar-refractivity contribution in [2.24, 2.45) is 5.92 Å². The summed E-state index contributed by atoms with van der Waals surface area (Å²) in [7, 11) is 0. The minimum Gasteiger partial charge on any atom is -0.385 e. The number of nitrogens with one attached hydrogen (secondary N) is 2. The molecule has 0 amide bonds. The maximum atomic E-state index is 3.47. The molecular formula is C13H20N2. The van der Waals surface area contributed by atoms with E-state index in [1.165, 1.54) is 37.2 Å². The third kappa shape index (κ3) is 3.24. The number of hydrogen-bond acceptors (Lipinski definition) is 2. The highest BCUT2D eigenvalue weighted by Crippen LogP contribution is 2.13. The third-order valence-corrected chi connectivity index (χ3v) is 3.10. The van der Waals surface area contributed by atoms with Gasteiger partial charge in [-0.1, -0.05) is 17.7 Å². The fraction of sp³-hybridized carbons (Fsp3) is 0.538. The number of hydrogen-bond donors (Lipinski definition) is 2. The second kappa shape index (κ2) is 5.17. The molecule has 2 nitrogen and oxygen atoms in total. The molecule has 1 aliphatic rings. The van der Waals surface area contributed by atoms with Gasteiger partial charge in [0.25, 0.3) is 0 Å². The van der Waals surface area contributed by atoms with E-state index in [1.807, 2.05) is 0 Å². The summed E-state index contributed by atoms with van der Waals surface area (Å²) in [6.07, 6.45) is 2.62. The molecule has 0 aromatic heterocycles. The monoisotopic (exact) mass is 204 g/mol. The Labute approximate surface area is 92.1 Å². The zero-order valence-corrected chi connectivity index (χ0v) is 9.42. The predicted octanol–water partition coefficient (Wildman–Crippen LogP) is 2.41. The molecule has 2 N–H and O–H groups in total. The van der Waals surface area contributed by atoms with Crippen molar-refractivity contribution in [3.8, 4) is 0 Å². The van der Waals surface area contributed by atoms with Gasteiger partial charge < -0.3 is 10.6 Å². The maximum absolute atomic E-state index is 3.47. The smallest absolute Gasteiger partial charge is 0.0340 e. The predicted molar refractivity (Wildman–Crippen MR) is 65.3 cm³/mol. The number of anilines is 1. The van der Waals surface area contributed by atoms with Crippen molar-refractivity contribution in [1.82, 2.24) is 5.32 Å². The van der Waals surface area contributed by atoms with Crippen molar-refractivity contribution < 1.29 is 0 Å². The van der Waals surface area contributed by atoms with E-state index >= 15 is 0 Å². The molecule has 1 heterocycles. The van der Waals surface area contributed by atoms with Crippen LogP contribution in [0, 0.1) is 12.8 Å². The molecule has 15 heavy (non-hydrogen) atoms. The molecule has 0 aliphatic carbocycles. The normalized spacial score (nSPS) is 20.5. The number of rotatable bonds is 4. The largest absolute Gasteiger partial charge is 0.385 e. The molecular weight excluding hydrogens is 184 g/mol. The number of benzene rings is 1. The second-order valence-electron chi connectivity index (χ2n) is 4.44. The summed E-state index contributed by atoms with van der Waals surface area (Å²) >= 11 is 0. The van der Waals surface area contributed by atoms with Crippen LogP contribution in [0.15, 0.2) is 24.3 Å². The van der Waals surface area contributed by atoms with E-state index in [4.69, 9.17) is 0 Å². The summed E-state index contributed by atoms with van der Waals surface area (Å²) in [4.78, 5) is 0. The van der Waals surface area contributed by atoms with Crippen LogP contribution in [0.3, 0.4) is 0 Å². The van der Waals surface area contributed by atoms with Gasteiger partial charge in [0, 0.05) is 12.2 Å². The zero-order chi connectivity index (χ0) is 10.5. The van der Waals surface area contributed by atoms with Crippen LogP contribution in [0.25, 0.3) is 0 Å². The molecule has 82 valence electrons. The quantitative estimate of drug-likeness (QED) is 0.787. The fourth-order valence-corrected chi connectivity index (χ4v) is 2.05. The van der Waals surface area contributed by atoms with Crippen LogP contribution >= 0.6 is 0 Å². The van der Waals surface area contributed by atoms with Gasteiger partial charge in [-0.3, -0.25) is 0 Å². The Morgan fingerprint density at radius 3 is 2.80 bits per heavy atom. The lowest BCUT2D eigenvalue weighted by molar-refractivity contribution is 0.549. The average Bonchev–Trinajstić information content (AvgIpc) is 2.74. The van der Waals surface area contributed by atoms with Gasteiger partial charge >= 0.3 is 0 Å². The standard InChI is InChI=1S/C13H20N2/c1-11-2-4-13(5-3-11)15-9-7-12-6-8-14-10-12/h2-5,12,14-15H,6-10H2,1H3. The molecule has 1 saturated heterocycles. The first-order valence-corrected chi connectivity index (χ1v) is 5.86. The molecule has 1 aromatic rings. The van der Waals surface area contributed by atoms with Crippen molar-refractivity contribution in [1.29, 1.82) is 0 Å². The number of aryl methyl sites for hydroxylation is 1. The lowest BCUT2D eigenvalue weighted by Crippen LogP contribution is -2.12. The van der Waals surface area contributed by atoms with Crippen molar-refractivity contribution >= 4 is 5.69 Å². The van der Waals surface area contributed by atoms with Crippen LogP contribution < -0.4 is 10.6 Å². The van der Waals surface area contributed by atoms with Crippen LogP contribution in [0.4, 0.5) is 5.69 Å². The molecule has 1 atom stereocenters. The highest BCUT2D eigenvalue weighted by Gasteiger charge is 2.13. The Bertz CT molecular complexity index is 286. The summed E-state index contributed by atoms with van der Waals surface area (Å²) in [5.41, 5.74) is 2.56. The van der Waals surface area contributed by atoms with Gasteiger partial charge in [0.15, 0.2) is 0 Å². The minimum atomic E-state index is 0.878. The van der Waals surface area contributed by atoms with Gasteiger partial charge in [-0.2, -0.15) is 0 Å². The molecule has 0 spiro atoms. The van der Waals surface area contributed by atoms with E-state index in [2.05, 4.69) is 41.8 Å². The van der Waals surface area contributed by atoms with Gasteiger partial charge in [0.1, 0.15) is 0 Å². The Hall–Kier alpha value is -1.02. The summed E-state index contributed by atoms with van der Waals surface area (Å²) in [5, 5.41) is 6.87. The molecule has 0 bridgehead atoms. The molecule has 0 radical (unpaired) electrons. The Kier molecular flexibility index (Phi) is 3.62. The average molecular weight is 204 g/mol. The highest BCUT2D eigenvalue weighted by atomic mass is 14.9. The van der Waals surface area contributed by atoms with Crippen molar-refractivity contribution in [2.45, 2.75) is 19.8 Å². The van der Waals surface area contributed by atoms with E-state index in [9.17, 15) is 0 Å².